The van der Waals surface area contributed by atoms with Crippen molar-refractivity contribution in [2.75, 3.05) is 26.4 Å². The summed E-state index contributed by atoms with van der Waals surface area (Å²) in [6, 6.07) is 0. The number of ether oxygens (including phenoxy) is 1. The number of carboxylic acids is 1. The predicted octanol–water partition coefficient (Wildman–Crippen LogP) is -0.141. The monoisotopic (exact) mass is 194 g/mol. The van der Waals surface area contributed by atoms with Gasteiger partial charge in [-0.15, -0.1) is 0 Å². The second kappa shape index (κ2) is 13.9. The van der Waals surface area contributed by atoms with Gasteiger partial charge in [-0.05, 0) is 12.8 Å². The van der Waals surface area contributed by atoms with Crippen LogP contribution in [0.25, 0.3) is 0 Å². The molecule has 13 heavy (non-hydrogen) atoms. The smallest absolute Gasteiger partial charge is 0.300 e. The van der Waals surface area contributed by atoms with E-state index in [9.17, 15) is 0 Å². The first kappa shape index (κ1) is 14.9. The summed E-state index contributed by atoms with van der Waals surface area (Å²) in [5, 5.41) is 24.0. The highest BCUT2D eigenvalue weighted by Crippen LogP contribution is 1.83. The lowest BCUT2D eigenvalue weighted by Gasteiger charge is -1.99. The molecule has 3 N–H and O–H groups in total. The van der Waals surface area contributed by atoms with Crippen molar-refractivity contribution < 1.29 is 24.9 Å². The molecule has 0 saturated heterocycles. The van der Waals surface area contributed by atoms with Gasteiger partial charge in [-0.1, -0.05) is 0 Å². The summed E-state index contributed by atoms with van der Waals surface area (Å²) in [5.74, 6) is -0.833. The van der Waals surface area contributed by atoms with Gasteiger partial charge in [0, 0.05) is 33.4 Å². The van der Waals surface area contributed by atoms with Crippen molar-refractivity contribution >= 4 is 5.97 Å². The molecule has 0 aliphatic rings. The number of hydrogen-bond acceptors (Lipinski definition) is 4. The molecule has 0 rings (SSSR count). The van der Waals surface area contributed by atoms with E-state index in [0.717, 1.165) is 6.92 Å². The van der Waals surface area contributed by atoms with E-state index in [1.54, 1.807) is 0 Å². The Morgan fingerprint density at radius 3 is 1.69 bits per heavy atom. The van der Waals surface area contributed by atoms with Crippen molar-refractivity contribution in [3.05, 3.63) is 0 Å². The normalized spacial score (nSPS) is 8.85. The number of aliphatic hydroxyl groups is 2. The van der Waals surface area contributed by atoms with E-state index in [0.29, 0.717) is 26.1 Å². The molecule has 5 heteroatoms. The van der Waals surface area contributed by atoms with Crippen LogP contribution in [0.5, 0.6) is 0 Å². The van der Waals surface area contributed by atoms with E-state index in [4.69, 9.17) is 24.9 Å². The molecule has 0 aliphatic heterocycles. The second-order valence-electron chi connectivity index (χ2n) is 2.29. The summed E-state index contributed by atoms with van der Waals surface area (Å²) in [7, 11) is 0. The molecule has 0 aromatic carbocycles. The Morgan fingerprint density at radius 2 is 1.46 bits per heavy atom. The van der Waals surface area contributed by atoms with E-state index < -0.39 is 5.97 Å². The van der Waals surface area contributed by atoms with Gasteiger partial charge in [-0.3, -0.25) is 4.79 Å². The Hall–Kier alpha value is -0.650. The molecule has 0 aromatic heterocycles. The first-order valence-corrected chi connectivity index (χ1v) is 4.14. The van der Waals surface area contributed by atoms with Crippen molar-refractivity contribution in [3.8, 4) is 0 Å². The van der Waals surface area contributed by atoms with Gasteiger partial charge in [-0.2, -0.15) is 0 Å². The minimum Gasteiger partial charge on any atom is -0.481 e. The molecular weight excluding hydrogens is 176 g/mol. The molecule has 0 aliphatic carbocycles. The van der Waals surface area contributed by atoms with Crippen LogP contribution in [-0.4, -0.2) is 47.7 Å². The highest BCUT2D eigenvalue weighted by Gasteiger charge is 1.85. The summed E-state index contributed by atoms with van der Waals surface area (Å²) in [6.07, 6.45) is 1.37. The lowest BCUT2D eigenvalue weighted by atomic mass is 10.5. The zero-order valence-electron chi connectivity index (χ0n) is 7.90. The molecule has 0 spiro atoms. The van der Waals surface area contributed by atoms with Crippen LogP contribution in [-0.2, 0) is 9.53 Å². The van der Waals surface area contributed by atoms with Gasteiger partial charge in [0.2, 0.25) is 0 Å². The first-order chi connectivity index (χ1) is 6.15. The van der Waals surface area contributed by atoms with Crippen LogP contribution in [0.4, 0.5) is 0 Å². The number of aliphatic hydroxyl groups excluding tert-OH is 2. The molecule has 0 fully saturated rings. The quantitative estimate of drug-likeness (QED) is 0.512. The lowest BCUT2D eigenvalue weighted by Crippen LogP contribution is -2.00. The standard InChI is InChI=1S/C6H14O3.C2H4O2/c7-3-1-5-9-6-2-4-8;1-2(3)4/h7-8H,1-6H2;1H3,(H,3,4). The van der Waals surface area contributed by atoms with Gasteiger partial charge in [0.05, 0.1) is 0 Å². The maximum atomic E-state index is 9.00. The van der Waals surface area contributed by atoms with E-state index in [1.807, 2.05) is 0 Å². The van der Waals surface area contributed by atoms with Gasteiger partial charge >= 0.3 is 0 Å². The third-order valence-electron chi connectivity index (χ3n) is 0.894. The second-order valence-corrected chi connectivity index (χ2v) is 2.29. The average Bonchev–Trinajstić information content (AvgIpc) is 2.03. The van der Waals surface area contributed by atoms with Crippen LogP contribution in [0.15, 0.2) is 0 Å². The van der Waals surface area contributed by atoms with E-state index >= 15 is 0 Å². The number of carbonyl (C=O) groups is 1. The fourth-order valence-corrected chi connectivity index (χ4v) is 0.435. The Kier molecular flexibility index (Phi) is 15.9. The van der Waals surface area contributed by atoms with Crippen LogP contribution in [0.1, 0.15) is 19.8 Å². The van der Waals surface area contributed by atoms with E-state index in [2.05, 4.69) is 0 Å². The zero-order valence-corrected chi connectivity index (χ0v) is 7.90. The zero-order chi connectivity index (χ0) is 10.5. The molecule has 80 valence electrons. The lowest BCUT2D eigenvalue weighted by molar-refractivity contribution is -0.134. The van der Waals surface area contributed by atoms with Gasteiger partial charge in [0.25, 0.3) is 5.97 Å². The average molecular weight is 194 g/mol. The van der Waals surface area contributed by atoms with Gasteiger partial charge in [0.15, 0.2) is 0 Å². The highest BCUT2D eigenvalue weighted by molar-refractivity contribution is 5.62. The summed E-state index contributed by atoms with van der Waals surface area (Å²) >= 11 is 0. The number of carboxylic acid groups (broad SMARTS) is 1. The fourth-order valence-electron chi connectivity index (χ4n) is 0.435. The predicted molar refractivity (Wildman–Crippen MR) is 47.5 cm³/mol. The molecule has 0 radical (unpaired) electrons. The summed E-state index contributed by atoms with van der Waals surface area (Å²) in [4.78, 5) is 9.00. The Morgan fingerprint density at radius 1 is 1.15 bits per heavy atom. The largest absolute Gasteiger partial charge is 0.481 e. The molecule has 5 nitrogen and oxygen atoms in total. The number of aliphatic carboxylic acids is 1. The molecule has 0 amide bonds. The van der Waals surface area contributed by atoms with Crippen molar-refractivity contribution in [1.29, 1.82) is 0 Å². The first-order valence-electron chi connectivity index (χ1n) is 4.14. The SMILES string of the molecule is CC(=O)O.OCCCOCCCO. The maximum Gasteiger partial charge on any atom is 0.300 e. The van der Waals surface area contributed by atoms with Crippen LogP contribution >= 0.6 is 0 Å². The van der Waals surface area contributed by atoms with Crippen LogP contribution in [0.3, 0.4) is 0 Å². The van der Waals surface area contributed by atoms with Crippen molar-refractivity contribution in [2.24, 2.45) is 0 Å². The van der Waals surface area contributed by atoms with Crippen LogP contribution in [0, 0.1) is 0 Å². The Labute approximate surface area is 78.0 Å². The number of rotatable bonds is 6. The van der Waals surface area contributed by atoms with E-state index in [-0.39, 0.29) is 13.2 Å². The van der Waals surface area contributed by atoms with Crippen LogP contribution < -0.4 is 0 Å². The fraction of sp³-hybridized carbons (Fsp3) is 0.875. The van der Waals surface area contributed by atoms with E-state index in [1.165, 1.54) is 0 Å². The Bertz CT molecular complexity index is 94.7. The Balaban J connectivity index is 0. The number of hydrogen-bond donors (Lipinski definition) is 3. The summed E-state index contributed by atoms with van der Waals surface area (Å²) < 4.78 is 4.99. The molecule has 0 saturated carbocycles. The molecule has 0 atom stereocenters. The van der Waals surface area contributed by atoms with Gasteiger partial charge < -0.3 is 20.1 Å². The van der Waals surface area contributed by atoms with Gasteiger partial charge in [0.1, 0.15) is 0 Å². The summed E-state index contributed by atoms with van der Waals surface area (Å²) in [5.41, 5.74) is 0. The van der Waals surface area contributed by atoms with Gasteiger partial charge in [-0.25, -0.2) is 0 Å². The third-order valence-corrected chi connectivity index (χ3v) is 0.894. The molecule has 0 unspecified atom stereocenters. The van der Waals surface area contributed by atoms with Crippen LogP contribution in [0.2, 0.25) is 0 Å². The molecule has 0 bridgehead atoms. The highest BCUT2D eigenvalue weighted by atomic mass is 16.5. The molecule has 0 heterocycles. The topological polar surface area (TPSA) is 87.0 Å². The minimum atomic E-state index is -0.833. The third kappa shape index (κ3) is 34.7. The van der Waals surface area contributed by atoms with Crippen molar-refractivity contribution in [3.63, 3.8) is 0 Å². The van der Waals surface area contributed by atoms with Crippen molar-refractivity contribution in [2.45, 2.75) is 19.8 Å². The minimum absolute atomic E-state index is 0.180. The maximum absolute atomic E-state index is 9.00. The van der Waals surface area contributed by atoms with Crippen molar-refractivity contribution in [1.82, 2.24) is 0 Å². The molecular formula is C8H18O5. The molecule has 0 aromatic rings. The summed E-state index contributed by atoms with van der Waals surface area (Å²) in [6.45, 7) is 2.63.